The van der Waals surface area contributed by atoms with Crippen LogP contribution in [0.3, 0.4) is 0 Å². The van der Waals surface area contributed by atoms with Crippen molar-refractivity contribution in [3.63, 3.8) is 0 Å². The van der Waals surface area contributed by atoms with Crippen LogP contribution in [0.15, 0.2) is 67.0 Å². The maximum atomic E-state index is 4.64. The van der Waals surface area contributed by atoms with E-state index in [0.717, 1.165) is 33.6 Å². The van der Waals surface area contributed by atoms with E-state index in [4.69, 9.17) is 0 Å². The summed E-state index contributed by atoms with van der Waals surface area (Å²) in [6.45, 7) is 2.66. The van der Waals surface area contributed by atoms with Gasteiger partial charge in [-0.3, -0.25) is 0 Å². The summed E-state index contributed by atoms with van der Waals surface area (Å²) in [7, 11) is 0. The summed E-state index contributed by atoms with van der Waals surface area (Å²) >= 11 is 0. The van der Waals surface area contributed by atoms with E-state index in [9.17, 15) is 0 Å². The molecule has 3 aromatic heterocycles. The van der Waals surface area contributed by atoms with Crippen molar-refractivity contribution in [3.8, 4) is 0 Å². The molecular formula is C22H20N6. The summed E-state index contributed by atoms with van der Waals surface area (Å²) in [5, 5.41) is 9.08. The molecule has 0 spiro atoms. The molecule has 0 atom stereocenters. The van der Waals surface area contributed by atoms with Gasteiger partial charge in [0, 0.05) is 47.1 Å². The average molecular weight is 368 g/mol. The maximum Gasteiger partial charge on any atom is 0.229 e. The van der Waals surface area contributed by atoms with E-state index in [-0.39, 0.29) is 0 Å². The number of rotatable bonds is 5. The zero-order valence-electron chi connectivity index (χ0n) is 15.5. The summed E-state index contributed by atoms with van der Waals surface area (Å²) < 4.78 is 0. The Bertz CT molecular complexity index is 1270. The van der Waals surface area contributed by atoms with Gasteiger partial charge in [0.05, 0.1) is 5.69 Å². The number of nitrogens with zero attached hydrogens (tertiary/aromatic N) is 2. The Balaban J connectivity index is 1.37. The van der Waals surface area contributed by atoms with Gasteiger partial charge in [-0.2, -0.15) is 4.98 Å². The molecule has 3 heterocycles. The first-order valence-electron chi connectivity index (χ1n) is 9.23. The molecule has 0 aliphatic carbocycles. The van der Waals surface area contributed by atoms with Crippen molar-refractivity contribution >= 4 is 39.3 Å². The van der Waals surface area contributed by atoms with Gasteiger partial charge < -0.3 is 20.6 Å². The molecule has 138 valence electrons. The Morgan fingerprint density at radius 1 is 0.893 bits per heavy atom. The molecule has 6 nitrogen and oxygen atoms in total. The quantitative estimate of drug-likeness (QED) is 0.348. The van der Waals surface area contributed by atoms with E-state index in [1.165, 1.54) is 10.9 Å². The minimum absolute atomic E-state index is 0.580. The van der Waals surface area contributed by atoms with Crippen molar-refractivity contribution in [2.75, 3.05) is 10.6 Å². The summed E-state index contributed by atoms with van der Waals surface area (Å²) in [5.74, 6) is 1.37. The first kappa shape index (κ1) is 16.4. The fraction of sp³-hybridized carbons (Fsp3) is 0.0909. The number of nitrogens with one attached hydrogen (secondary N) is 4. The van der Waals surface area contributed by atoms with Crippen LogP contribution in [0.5, 0.6) is 0 Å². The lowest BCUT2D eigenvalue weighted by Crippen LogP contribution is -2.05. The second kappa shape index (κ2) is 6.74. The van der Waals surface area contributed by atoms with Crippen molar-refractivity contribution in [3.05, 3.63) is 78.2 Å². The van der Waals surface area contributed by atoms with Crippen LogP contribution in [-0.4, -0.2) is 19.9 Å². The molecule has 0 amide bonds. The highest BCUT2D eigenvalue weighted by Crippen LogP contribution is 2.25. The normalized spacial score (nSPS) is 11.2. The van der Waals surface area contributed by atoms with Gasteiger partial charge in [0.15, 0.2) is 0 Å². The molecule has 4 N–H and O–H groups in total. The lowest BCUT2D eigenvalue weighted by molar-refractivity contribution is 1.06. The second-order valence-corrected chi connectivity index (χ2v) is 6.84. The van der Waals surface area contributed by atoms with Gasteiger partial charge in [-0.25, -0.2) is 4.98 Å². The van der Waals surface area contributed by atoms with Crippen LogP contribution in [0.25, 0.3) is 21.8 Å². The lowest BCUT2D eigenvalue weighted by Gasteiger charge is -2.11. The predicted molar refractivity (Wildman–Crippen MR) is 114 cm³/mol. The molecule has 0 aliphatic rings. The van der Waals surface area contributed by atoms with E-state index in [1.54, 1.807) is 0 Å². The van der Waals surface area contributed by atoms with Crippen LogP contribution in [0.4, 0.5) is 17.5 Å². The Hall–Kier alpha value is -3.80. The topological polar surface area (TPSA) is 81.4 Å². The Labute approximate surface area is 162 Å². The molecule has 2 aromatic carbocycles. The van der Waals surface area contributed by atoms with E-state index >= 15 is 0 Å². The highest BCUT2D eigenvalue weighted by Gasteiger charge is 2.07. The molecule has 28 heavy (non-hydrogen) atoms. The third-order valence-corrected chi connectivity index (χ3v) is 4.79. The summed E-state index contributed by atoms with van der Waals surface area (Å²) in [4.78, 5) is 15.6. The molecule has 6 heteroatoms. The van der Waals surface area contributed by atoms with Crippen LogP contribution in [-0.2, 0) is 6.54 Å². The molecule has 5 aromatic rings. The number of benzene rings is 2. The first-order valence-corrected chi connectivity index (χ1v) is 9.23. The number of hydrogen-bond acceptors (Lipinski definition) is 4. The number of anilines is 3. The summed E-state index contributed by atoms with van der Waals surface area (Å²) in [6.07, 6.45) is 3.89. The molecular weight excluding hydrogens is 348 g/mol. The average Bonchev–Trinajstić information content (AvgIpc) is 3.35. The second-order valence-electron chi connectivity index (χ2n) is 6.84. The monoisotopic (exact) mass is 368 g/mol. The van der Waals surface area contributed by atoms with Gasteiger partial charge in [-0.05, 0) is 48.2 Å². The highest BCUT2D eigenvalue weighted by atomic mass is 15.1. The van der Waals surface area contributed by atoms with Gasteiger partial charge in [0.2, 0.25) is 5.95 Å². The molecule has 0 fully saturated rings. The van der Waals surface area contributed by atoms with Crippen molar-refractivity contribution < 1.29 is 0 Å². The zero-order chi connectivity index (χ0) is 18.9. The highest BCUT2D eigenvalue weighted by molar-refractivity contribution is 5.93. The molecule has 0 saturated heterocycles. The zero-order valence-corrected chi connectivity index (χ0v) is 15.5. The summed E-state index contributed by atoms with van der Waals surface area (Å²) in [6, 6.07) is 18.6. The molecule has 5 rings (SSSR count). The van der Waals surface area contributed by atoms with E-state index < -0.39 is 0 Å². The van der Waals surface area contributed by atoms with Crippen molar-refractivity contribution in [2.45, 2.75) is 13.5 Å². The molecule has 0 unspecified atom stereocenters. The molecule has 0 bridgehead atoms. The van der Waals surface area contributed by atoms with Crippen molar-refractivity contribution in [2.24, 2.45) is 0 Å². The Kier molecular flexibility index (Phi) is 3.94. The Morgan fingerprint density at radius 2 is 1.79 bits per heavy atom. The number of aromatic amines is 2. The van der Waals surface area contributed by atoms with Crippen LogP contribution in [0.1, 0.15) is 11.3 Å². The summed E-state index contributed by atoms with van der Waals surface area (Å²) in [5.41, 5.74) is 5.29. The largest absolute Gasteiger partial charge is 0.366 e. The van der Waals surface area contributed by atoms with E-state index in [0.29, 0.717) is 12.5 Å². The molecule has 0 radical (unpaired) electrons. The maximum absolute atomic E-state index is 4.64. The number of H-pyrrole nitrogens is 2. The fourth-order valence-corrected chi connectivity index (χ4v) is 3.43. The van der Waals surface area contributed by atoms with Crippen LogP contribution < -0.4 is 10.6 Å². The van der Waals surface area contributed by atoms with Gasteiger partial charge in [0.1, 0.15) is 5.82 Å². The van der Waals surface area contributed by atoms with Crippen LogP contribution in [0, 0.1) is 6.92 Å². The smallest absolute Gasteiger partial charge is 0.229 e. The number of fused-ring (bicyclic) bond motifs is 2. The third kappa shape index (κ3) is 3.16. The first-order chi connectivity index (χ1) is 13.7. The molecule has 0 aliphatic heterocycles. The molecule has 0 saturated carbocycles. The number of aryl methyl sites for hydroxylation is 1. The Morgan fingerprint density at radius 3 is 2.75 bits per heavy atom. The SMILES string of the molecule is Cc1cc(NCc2ccc3cc[nH]c3c2)nc(Nc2cccc3[nH]ccc23)n1. The predicted octanol–water partition coefficient (Wildman–Crippen LogP) is 5.10. The van der Waals surface area contributed by atoms with Crippen molar-refractivity contribution in [1.29, 1.82) is 0 Å². The minimum Gasteiger partial charge on any atom is -0.366 e. The number of hydrogen-bond donors (Lipinski definition) is 4. The number of aromatic nitrogens is 4. The van der Waals surface area contributed by atoms with Crippen LogP contribution >= 0.6 is 0 Å². The third-order valence-electron chi connectivity index (χ3n) is 4.79. The van der Waals surface area contributed by atoms with Crippen LogP contribution in [0.2, 0.25) is 0 Å². The minimum atomic E-state index is 0.580. The van der Waals surface area contributed by atoms with Gasteiger partial charge in [0.25, 0.3) is 0 Å². The lowest BCUT2D eigenvalue weighted by atomic mass is 10.1. The van der Waals surface area contributed by atoms with Crippen molar-refractivity contribution in [1.82, 2.24) is 19.9 Å². The van der Waals surface area contributed by atoms with Gasteiger partial charge in [-0.1, -0.05) is 18.2 Å². The van der Waals surface area contributed by atoms with Gasteiger partial charge >= 0.3 is 0 Å². The van der Waals surface area contributed by atoms with E-state index in [1.807, 2.05) is 49.6 Å². The van der Waals surface area contributed by atoms with E-state index in [2.05, 4.69) is 54.8 Å². The fourth-order valence-electron chi connectivity index (χ4n) is 3.43. The standard InChI is InChI=1S/C22H20N6/c1-14-11-21(25-13-15-5-6-16-7-9-24-20(16)12-15)28-22(26-14)27-19-4-2-3-18-17(19)8-10-23-18/h2-12,23-24H,13H2,1H3,(H2,25,26,27,28). The van der Waals surface area contributed by atoms with Gasteiger partial charge in [-0.15, -0.1) is 0 Å².